The molecule has 3 aromatic rings. The van der Waals surface area contributed by atoms with Crippen LogP contribution in [0.4, 0.5) is 5.69 Å². The van der Waals surface area contributed by atoms with Crippen LogP contribution in [-0.4, -0.2) is 17.4 Å². The summed E-state index contributed by atoms with van der Waals surface area (Å²) in [6, 6.07) is 22.9. The summed E-state index contributed by atoms with van der Waals surface area (Å²) in [6.45, 7) is 8.36. The minimum absolute atomic E-state index is 0.0273. The summed E-state index contributed by atoms with van der Waals surface area (Å²) in [5.41, 5.74) is 2.61. The van der Waals surface area contributed by atoms with E-state index in [1.165, 1.54) is 0 Å². The monoisotopic (exact) mass is 576 g/mol. The van der Waals surface area contributed by atoms with Crippen LogP contribution in [0.2, 0.25) is 10.0 Å². The number of carbonyl (C=O) groups is 2. The normalized spacial score (nSPS) is 23.7. The third-order valence-electron chi connectivity index (χ3n) is 7.79. The third-order valence-corrected chi connectivity index (χ3v) is 8.35. The molecular formula is C33H34Cl2N2O3. The third kappa shape index (κ3) is 5.77. The lowest BCUT2D eigenvalue weighted by molar-refractivity contribution is -0.139. The topological polar surface area (TPSA) is 67.4 Å². The van der Waals surface area contributed by atoms with Crippen molar-refractivity contribution in [2.24, 2.45) is 11.3 Å². The minimum Gasteiger partial charge on any atom is -0.471 e. The molecule has 0 saturated carbocycles. The van der Waals surface area contributed by atoms with Gasteiger partial charge < -0.3 is 15.4 Å². The van der Waals surface area contributed by atoms with Gasteiger partial charge in [0.1, 0.15) is 11.7 Å². The molecule has 0 saturated heterocycles. The lowest BCUT2D eigenvalue weighted by Crippen LogP contribution is -2.58. The molecule has 0 fully saturated rings. The van der Waals surface area contributed by atoms with Gasteiger partial charge in [0.15, 0.2) is 11.5 Å². The second-order valence-corrected chi connectivity index (χ2v) is 12.6. The van der Waals surface area contributed by atoms with Crippen molar-refractivity contribution < 1.29 is 14.3 Å². The Morgan fingerprint density at radius 2 is 1.68 bits per heavy atom. The fraction of sp³-hybridized carbons (Fsp3) is 0.333. The molecule has 5 rings (SSSR count). The van der Waals surface area contributed by atoms with Crippen LogP contribution in [0.1, 0.15) is 56.2 Å². The van der Waals surface area contributed by atoms with E-state index in [-0.39, 0.29) is 17.1 Å². The average molecular weight is 578 g/mol. The van der Waals surface area contributed by atoms with Gasteiger partial charge in [-0.05, 0) is 54.7 Å². The molecule has 1 aliphatic carbocycles. The number of ketones is 1. The summed E-state index contributed by atoms with van der Waals surface area (Å²) in [7, 11) is 0. The fourth-order valence-corrected chi connectivity index (χ4v) is 6.46. The standard InChI is InChI=1S/C33H34Cl2N2O3/c1-20-10-13-23(14-11-20)37-33(4)30(31(39)36-19-21-8-6-5-7-9-21)28(24-15-12-22(34)16-25(24)35)29-26(38)17-32(2,3)18-27(29)40-33/h5-16,28,30,37H,17-19H2,1-4H3,(H,36,39)/t28-,30+,33+/m1/s1. The second kappa shape index (κ2) is 10.9. The molecule has 0 spiro atoms. The van der Waals surface area contributed by atoms with E-state index >= 15 is 0 Å². The maximum absolute atomic E-state index is 14.3. The maximum Gasteiger partial charge on any atom is 0.230 e. The van der Waals surface area contributed by atoms with Crippen LogP contribution < -0.4 is 10.6 Å². The number of rotatable bonds is 6. The Balaban J connectivity index is 1.66. The first-order valence-corrected chi connectivity index (χ1v) is 14.3. The van der Waals surface area contributed by atoms with Crippen LogP contribution in [0.25, 0.3) is 0 Å². The SMILES string of the molecule is Cc1ccc(N[C@@]2(C)OC3=C(C(=O)CC(C)(C)C3)[C@@H](c3ccc(Cl)cc3Cl)[C@H]2C(=O)NCc2ccccc2)cc1. The van der Waals surface area contributed by atoms with Crippen molar-refractivity contribution in [3.8, 4) is 0 Å². The fourth-order valence-electron chi connectivity index (χ4n) is 5.93. The molecule has 0 unspecified atom stereocenters. The summed E-state index contributed by atoms with van der Waals surface area (Å²) in [4.78, 5) is 28.1. The number of aryl methyl sites for hydroxylation is 1. The smallest absolute Gasteiger partial charge is 0.230 e. The Kier molecular flexibility index (Phi) is 7.73. The number of Topliss-reactive ketones (excluding diaryl/α,β-unsaturated/α-hetero) is 1. The van der Waals surface area contributed by atoms with E-state index in [0.29, 0.717) is 46.3 Å². The molecular weight excluding hydrogens is 543 g/mol. The van der Waals surface area contributed by atoms with Gasteiger partial charge in [0, 0.05) is 46.6 Å². The first-order valence-electron chi connectivity index (χ1n) is 13.5. The highest BCUT2D eigenvalue weighted by molar-refractivity contribution is 6.35. The number of allylic oxidation sites excluding steroid dienone is 2. The molecule has 1 amide bonds. The summed E-state index contributed by atoms with van der Waals surface area (Å²) in [6.07, 6.45) is 0.927. The van der Waals surface area contributed by atoms with Gasteiger partial charge >= 0.3 is 0 Å². The van der Waals surface area contributed by atoms with Gasteiger partial charge in [0.25, 0.3) is 0 Å². The Labute approximate surface area is 245 Å². The second-order valence-electron chi connectivity index (χ2n) is 11.8. The Bertz CT molecular complexity index is 1470. The number of hydrogen-bond donors (Lipinski definition) is 2. The van der Waals surface area contributed by atoms with E-state index in [2.05, 4.69) is 24.5 Å². The first-order chi connectivity index (χ1) is 19.0. The largest absolute Gasteiger partial charge is 0.471 e. The molecule has 3 atom stereocenters. The van der Waals surface area contributed by atoms with Crippen molar-refractivity contribution >= 4 is 40.6 Å². The van der Waals surface area contributed by atoms with Gasteiger partial charge in [0.05, 0.1) is 0 Å². The number of halogens is 2. The van der Waals surface area contributed by atoms with Gasteiger partial charge in [-0.25, -0.2) is 0 Å². The van der Waals surface area contributed by atoms with Crippen molar-refractivity contribution in [1.82, 2.24) is 5.32 Å². The van der Waals surface area contributed by atoms with E-state index in [9.17, 15) is 9.59 Å². The van der Waals surface area contributed by atoms with Crippen LogP contribution in [0.15, 0.2) is 84.1 Å². The van der Waals surface area contributed by atoms with E-state index in [1.54, 1.807) is 12.1 Å². The van der Waals surface area contributed by atoms with Crippen LogP contribution in [0, 0.1) is 18.3 Å². The average Bonchev–Trinajstić information content (AvgIpc) is 2.88. The molecule has 208 valence electrons. The number of benzene rings is 3. The zero-order valence-electron chi connectivity index (χ0n) is 23.2. The molecule has 40 heavy (non-hydrogen) atoms. The van der Waals surface area contributed by atoms with E-state index in [4.69, 9.17) is 27.9 Å². The predicted molar refractivity (Wildman–Crippen MR) is 160 cm³/mol. The van der Waals surface area contributed by atoms with Crippen molar-refractivity contribution in [3.05, 3.63) is 111 Å². The molecule has 2 aliphatic rings. The first kappa shape index (κ1) is 28.3. The molecule has 0 aromatic heterocycles. The van der Waals surface area contributed by atoms with Crippen LogP contribution >= 0.6 is 23.2 Å². The minimum atomic E-state index is -1.20. The lowest BCUT2D eigenvalue weighted by atomic mass is 9.65. The van der Waals surface area contributed by atoms with E-state index < -0.39 is 17.6 Å². The molecule has 1 aliphatic heterocycles. The summed E-state index contributed by atoms with van der Waals surface area (Å²) in [5.74, 6) is -1.14. The van der Waals surface area contributed by atoms with Crippen molar-refractivity contribution in [2.45, 2.75) is 58.7 Å². The number of nitrogens with one attached hydrogen (secondary N) is 2. The molecule has 5 nitrogen and oxygen atoms in total. The lowest BCUT2D eigenvalue weighted by Gasteiger charge is -2.50. The molecule has 7 heteroatoms. The van der Waals surface area contributed by atoms with Crippen molar-refractivity contribution in [2.75, 3.05) is 5.32 Å². The van der Waals surface area contributed by atoms with Crippen molar-refractivity contribution in [1.29, 1.82) is 0 Å². The highest BCUT2D eigenvalue weighted by atomic mass is 35.5. The maximum atomic E-state index is 14.3. The highest BCUT2D eigenvalue weighted by Crippen LogP contribution is 2.54. The van der Waals surface area contributed by atoms with E-state index in [0.717, 1.165) is 16.8 Å². The van der Waals surface area contributed by atoms with Gasteiger partial charge in [-0.1, -0.05) is 91.1 Å². The Morgan fingerprint density at radius 3 is 2.35 bits per heavy atom. The van der Waals surface area contributed by atoms with Crippen LogP contribution in [0.3, 0.4) is 0 Å². The summed E-state index contributed by atoms with van der Waals surface area (Å²) in [5, 5.41) is 7.52. The summed E-state index contributed by atoms with van der Waals surface area (Å²) < 4.78 is 6.74. The van der Waals surface area contributed by atoms with Gasteiger partial charge in [-0.15, -0.1) is 0 Å². The van der Waals surface area contributed by atoms with Crippen LogP contribution in [-0.2, 0) is 20.9 Å². The van der Waals surface area contributed by atoms with Gasteiger partial charge in [0.2, 0.25) is 5.91 Å². The number of carbonyl (C=O) groups excluding carboxylic acids is 2. The predicted octanol–water partition coefficient (Wildman–Crippen LogP) is 7.82. The van der Waals surface area contributed by atoms with Crippen molar-refractivity contribution in [3.63, 3.8) is 0 Å². The Hall–Kier alpha value is -3.28. The zero-order valence-corrected chi connectivity index (χ0v) is 24.7. The van der Waals surface area contributed by atoms with Gasteiger partial charge in [-0.3, -0.25) is 9.59 Å². The number of hydrogen-bond acceptors (Lipinski definition) is 4. The number of anilines is 1. The molecule has 0 bridgehead atoms. The quantitative estimate of drug-likeness (QED) is 0.314. The van der Waals surface area contributed by atoms with E-state index in [1.807, 2.05) is 74.5 Å². The van der Waals surface area contributed by atoms with Crippen LogP contribution in [0.5, 0.6) is 0 Å². The molecule has 3 aromatic carbocycles. The summed E-state index contributed by atoms with van der Waals surface area (Å²) >= 11 is 13.1. The Morgan fingerprint density at radius 1 is 0.975 bits per heavy atom. The van der Waals surface area contributed by atoms with Gasteiger partial charge in [-0.2, -0.15) is 0 Å². The molecule has 2 N–H and O–H groups in total. The number of amides is 1. The zero-order chi connectivity index (χ0) is 28.7. The molecule has 1 heterocycles. The molecule has 0 radical (unpaired) electrons. The highest BCUT2D eigenvalue weighted by Gasteiger charge is 2.56. The number of ether oxygens (including phenoxy) is 1.